The number of piperidine rings is 1. The van der Waals surface area contributed by atoms with Gasteiger partial charge in [0, 0.05) is 25.7 Å². The molecule has 1 atom stereocenters. The van der Waals surface area contributed by atoms with Gasteiger partial charge in [-0.2, -0.15) is 0 Å². The highest BCUT2D eigenvalue weighted by Gasteiger charge is 2.36. The first-order chi connectivity index (χ1) is 8.98. The Morgan fingerprint density at radius 3 is 2.42 bits per heavy atom. The topological polar surface area (TPSA) is 6.48 Å². The number of likely N-dealkylation sites (tertiary alicyclic amines) is 2. The van der Waals surface area contributed by atoms with E-state index in [1.54, 1.807) is 0 Å². The lowest BCUT2D eigenvalue weighted by Crippen LogP contribution is -2.50. The molecule has 2 aliphatic heterocycles. The van der Waals surface area contributed by atoms with E-state index in [1.807, 2.05) is 0 Å². The molecule has 1 unspecified atom stereocenters. The number of alkyl halides is 1. The lowest BCUT2D eigenvalue weighted by molar-refractivity contribution is 0.0160. The Morgan fingerprint density at radius 1 is 1.11 bits per heavy atom. The maximum absolute atomic E-state index is 15.0. The molecule has 0 aromatic rings. The fourth-order valence-corrected chi connectivity index (χ4v) is 3.48. The molecule has 0 radical (unpaired) electrons. The summed E-state index contributed by atoms with van der Waals surface area (Å²) < 4.78 is 15.0. The Kier molecular flexibility index (Phi) is 5.24. The highest BCUT2D eigenvalue weighted by Crippen LogP contribution is 2.29. The molecule has 2 heterocycles. The van der Waals surface area contributed by atoms with Crippen LogP contribution in [0.5, 0.6) is 0 Å². The van der Waals surface area contributed by atoms with Crippen molar-refractivity contribution >= 4 is 0 Å². The van der Waals surface area contributed by atoms with Crippen molar-refractivity contribution in [3.8, 4) is 0 Å². The van der Waals surface area contributed by atoms with E-state index >= 15 is 0 Å². The molecule has 0 aliphatic carbocycles. The molecular weight excluding hydrogens is 239 g/mol. The van der Waals surface area contributed by atoms with Gasteiger partial charge in [0.15, 0.2) is 0 Å². The summed E-state index contributed by atoms with van der Waals surface area (Å²) >= 11 is 0. The van der Waals surface area contributed by atoms with E-state index in [1.165, 1.54) is 19.3 Å². The Morgan fingerprint density at radius 2 is 1.79 bits per heavy atom. The Labute approximate surface area is 118 Å². The fraction of sp³-hybridized carbons (Fsp3) is 1.00. The lowest BCUT2D eigenvalue weighted by Gasteiger charge is -2.40. The van der Waals surface area contributed by atoms with Crippen molar-refractivity contribution in [2.45, 2.75) is 64.6 Å². The van der Waals surface area contributed by atoms with Gasteiger partial charge < -0.3 is 9.80 Å². The summed E-state index contributed by atoms with van der Waals surface area (Å²) in [6.07, 6.45) is 5.24. The predicted molar refractivity (Wildman–Crippen MR) is 79.2 cm³/mol. The van der Waals surface area contributed by atoms with Crippen molar-refractivity contribution in [1.82, 2.24) is 9.80 Å². The minimum absolute atomic E-state index is 0.559. The fourth-order valence-electron chi connectivity index (χ4n) is 3.48. The Bertz CT molecular complexity index is 272. The van der Waals surface area contributed by atoms with Gasteiger partial charge >= 0.3 is 0 Å². The van der Waals surface area contributed by atoms with Crippen LogP contribution in [0.1, 0.15) is 52.9 Å². The van der Waals surface area contributed by atoms with E-state index in [0.29, 0.717) is 12.6 Å². The molecule has 2 aliphatic rings. The van der Waals surface area contributed by atoms with Gasteiger partial charge in [0.05, 0.1) is 0 Å². The van der Waals surface area contributed by atoms with Gasteiger partial charge in [0.1, 0.15) is 5.67 Å². The van der Waals surface area contributed by atoms with Crippen LogP contribution in [0.15, 0.2) is 0 Å². The molecule has 0 N–H and O–H groups in total. The highest BCUT2D eigenvalue weighted by atomic mass is 19.1. The summed E-state index contributed by atoms with van der Waals surface area (Å²) in [5.74, 6) is 0.823. The number of halogens is 1. The Balaban J connectivity index is 1.81. The van der Waals surface area contributed by atoms with Crippen LogP contribution in [-0.2, 0) is 0 Å². The van der Waals surface area contributed by atoms with Gasteiger partial charge in [-0.1, -0.05) is 6.92 Å². The van der Waals surface area contributed by atoms with Gasteiger partial charge in [-0.3, -0.25) is 0 Å². The summed E-state index contributed by atoms with van der Waals surface area (Å²) in [5, 5.41) is 0. The zero-order valence-electron chi connectivity index (χ0n) is 13.0. The molecule has 0 saturated carbocycles. The van der Waals surface area contributed by atoms with Crippen molar-refractivity contribution in [2.75, 3.05) is 32.7 Å². The van der Waals surface area contributed by atoms with Gasteiger partial charge in [0.25, 0.3) is 0 Å². The van der Waals surface area contributed by atoms with Crippen LogP contribution >= 0.6 is 0 Å². The van der Waals surface area contributed by atoms with Gasteiger partial charge in [-0.15, -0.1) is 0 Å². The lowest BCUT2D eigenvalue weighted by atomic mass is 9.92. The smallest absolute Gasteiger partial charge is 0.126 e. The second-order valence-electron chi connectivity index (χ2n) is 7.09. The summed E-state index contributed by atoms with van der Waals surface area (Å²) in [6, 6.07) is 0.559. The molecule has 3 heteroatoms. The van der Waals surface area contributed by atoms with Gasteiger partial charge in [-0.05, 0) is 65.0 Å². The molecule has 0 aromatic carbocycles. The van der Waals surface area contributed by atoms with E-state index < -0.39 is 5.67 Å². The number of rotatable bonds is 3. The molecule has 2 fully saturated rings. The standard InChI is InChI=1S/C16H31FN2/c1-14(2)19-11-7-16(17,8-12-19)13-18-9-4-5-15(3)6-10-18/h14-15H,4-13H2,1-3H3. The van der Waals surface area contributed by atoms with Crippen LogP contribution in [-0.4, -0.2) is 54.2 Å². The molecule has 2 saturated heterocycles. The largest absolute Gasteiger partial charge is 0.301 e. The summed E-state index contributed by atoms with van der Waals surface area (Å²) in [7, 11) is 0. The third-order valence-corrected chi connectivity index (χ3v) is 5.04. The monoisotopic (exact) mass is 270 g/mol. The zero-order chi connectivity index (χ0) is 13.9. The van der Waals surface area contributed by atoms with Crippen LogP contribution in [0.25, 0.3) is 0 Å². The number of nitrogens with zero attached hydrogens (tertiary/aromatic N) is 2. The molecule has 2 rings (SSSR count). The summed E-state index contributed by atoms with van der Waals surface area (Å²) in [5.41, 5.74) is -0.932. The van der Waals surface area contributed by atoms with Crippen molar-refractivity contribution in [1.29, 1.82) is 0 Å². The van der Waals surface area contributed by atoms with Crippen LogP contribution in [0.2, 0.25) is 0 Å². The third-order valence-electron chi connectivity index (χ3n) is 5.04. The summed E-state index contributed by atoms with van der Waals surface area (Å²) in [6.45, 7) is 11.5. The minimum atomic E-state index is -0.932. The molecule has 0 bridgehead atoms. The third kappa shape index (κ3) is 4.42. The average molecular weight is 270 g/mol. The first-order valence-corrected chi connectivity index (χ1v) is 8.14. The molecule has 0 aromatic heterocycles. The minimum Gasteiger partial charge on any atom is -0.301 e. The predicted octanol–water partition coefficient (Wildman–Crippen LogP) is 3.32. The first-order valence-electron chi connectivity index (χ1n) is 8.14. The quantitative estimate of drug-likeness (QED) is 0.776. The van der Waals surface area contributed by atoms with Crippen molar-refractivity contribution in [3.05, 3.63) is 0 Å². The average Bonchev–Trinajstić information content (AvgIpc) is 2.54. The number of hydrogen-bond acceptors (Lipinski definition) is 2. The second kappa shape index (κ2) is 6.53. The number of hydrogen-bond donors (Lipinski definition) is 0. The molecular formula is C16H31FN2. The molecule has 2 nitrogen and oxygen atoms in total. The maximum Gasteiger partial charge on any atom is 0.126 e. The van der Waals surface area contributed by atoms with E-state index in [9.17, 15) is 4.39 Å². The zero-order valence-corrected chi connectivity index (χ0v) is 13.0. The van der Waals surface area contributed by atoms with E-state index in [4.69, 9.17) is 0 Å². The van der Waals surface area contributed by atoms with Crippen LogP contribution in [0.4, 0.5) is 4.39 Å². The van der Waals surface area contributed by atoms with Crippen LogP contribution < -0.4 is 0 Å². The van der Waals surface area contributed by atoms with Crippen LogP contribution in [0.3, 0.4) is 0 Å². The second-order valence-corrected chi connectivity index (χ2v) is 7.09. The van der Waals surface area contributed by atoms with Crippen molar-refractivity contribution < 1.29 is 4.39 Å². The molecule has 112 valence electrons. The summed E-state index contributed by atoms with van der Waals surface area (Å²) in [4.78, 5) is 4.79. The molecule has 0 amide bonds. The van der Waals surface area contributed by atoms with Crippen LogP contribution in [0, 0.1) is 5.92 Å². The normalized spacial score (nSPS) is 30.5. The van der Waals surface area contributed by atoms with Crippen molar-refractivity contribution in [3.63, 3.8) is 0 Å². The first kappa shape index (κ1) is 15.2. The molecule has 0 spiro atoms. The van der Waals surface area contributed by atoms with Crippen molar-refractivity contribution in [2.24, 2.45) is 5.92 Å². The SMILES string of the molecule is CC1CCCN(CC2(F)CCN(C(C)C)CC2)CC1. The highest BCUT2D eigenvalue weighted by molar-refractivity contribution is 4.90. The molecule has 19 heavy (non-hydrogen) atoms. The Hall–Kier alpha value is -0.150. The maximum atomic E-state index is 15.0. The van der Waals surface area contributed by atoms with E-state index in [-0.39, 0.29) is 0 Å². The van der Waals surface area contributed by atoms with Gasteiger partial charge in [0.2, 0.25) is 0 Å². The van der Waals surface area contributed by atoms with E-state index in [0.717, 1.165) is 44.9 Å². The van der Waals surface area contributed by atoms with E-state index in [2.05, 4.69) is 30.6 Å². The van der Waals surface area contributed by atoms with Gasteiger partial charge in [-0.25, -0.2) is 4.39 Å².